The molecule has 114 valence electrons. The Bertz CT molecular complexity index is 379. The Kier molecular flexibility index (Phi) is 11.2. The smallest absolute Gasteiger partial charge is 0.191 e. The quantitative estimate of drug-likeness (QED) is 0.290. The van der Waals surface area contributed by atoms with E-state index in [1.54, 1.807) is 12.1 Å². The molecule has 0 bridgehead atoms. The van der Waals surface area contributed by atoms with E-state index in [1.807, 2.05) is 12.1 Å². The molecule has 1 aromatic carbocycles. The van der Waals surface area contributed by atoms with Crippen molar-refractivity contribution in [3.63, 3.8) is 0 Å². The minimum Gasteiger partial charge on any atom is -0.508 e. The average Bonchev–Trinajstić information content (AvgIpc) is 2.42. The maximum absolute atomic E-state index is 9.22. The average molecular weight is 391 g/mol. The maximum Gasteiger partial charge on any atom is 0.191 e. The van der Waals surface area contributed by atoms with Crippen LogP contribution in [-0.4, -0.2) is 24.2 Å². The summed E-state index contributed by atoms with van der Waals surface area (Å²) in [5, 5.41) is 15.8. The van der Waals surface area contributed by atoms with Crippen LogP contribution in [0.25, 0.3) is 0 Å². The predicted octanol–water partition coefficient (Wildman–Crippen LogP) is 3.26. The number of aromatic hydroxyl groups is 1. The molecule has 0 spiro atoms. The number of hydrogen-bond acceptors (Lipinski definition) is 2. The summed E-state index contributed by atoms with van der Waals surface area (Å²) in [6, 6.07) is 7.15. The Balaban J connectivity index is 0.00000361. The van der Waals surface area contributed by atoms with Crippen LogP contribution in [0.5, 0.6) is 5.75 Å². The highest BCUT2D eigenvalue weighted by atomic mass is 127. The minimum atomic E-state index is 0. The highest BCUT2D eigenvalue weighted by molar-refractivity contribution is 14.0. The van der Waals surface area contributed by atoms with Crippen LogP contribution in [0.15, 0.2) is 29.3 Å². The van der Waals surface area contributed by atoms with Crippen LogP contribution < -0.4 is 10.6 Å². The number of phenols is 1. The molecule has 0 unspecified atom stereocenters. The topological polar surface area (TPSA) is 56.7 Å². The van der Waals surface area contributed by atoms with Gasteiger partial charge in [0.2, 0.25) is 0 Å². The molecule has 0 amide bonds. The van der Waals surface area contributed by atoms with Crippen molar-refractivity contribution in [3.8, 4) is 5.75 Å². The molecule has 0 aromatic heterocycles. The molecule has 1 rings (SSSR count). The van der Waals surface area contributed by atoms with E-state index < -0.39 is 0 Å². The lowest BCUT2D eigenvalue weighted by Gasteiger charge is -2.11. The fourth-order valence-electron chi connectivity index (χ4n) is 1.70. The van der Waals surface area contributed by atoms with Crippen LogP contribution >= 0.6 is 24.0 Å². The molecule has 3 N–H and O–H groups in total. The van der Waals surface area contributed by atoms with E-state index in [0.29, 0.717) is 6.54 Å². The Labute approximate surface area is 139 Å². The summed E-state index contributed by atoms with van der Waals surface area (Å²) in [6.45, 7) is 6.68. The molecule has 20 heavy (non-hydrogen) atoms. The molecule has 0 heterocycles. The van der Waals surface area contributed by atoms with Gasteiger partial charge in [-0.05, 0) is 31.0 Å². The Morgan fingerprint density at radius 3 is 2.40 bits per heavy atom. The van der Waals surface area contributed by atoms with Crippen molar-refractivity contribution in [2.24, 2.45) is 4.99 Å². The number of guanidine groups is 1. The van der Waals surface area contributed by atoms with E-state index in [-0.39, 0.29) is 29.7 Å². The molecule has 0 aliphatic rings. The summed E-state index contributed by atoms with van der Waals surface area (Å²) < 4.78 is 0. The molecule has 0 fully saturated rings. The number of benzene rings is 1. The first-order chi connectivity index (χ1) is 9.26. The number of unbranched alkanes of at least 4 members (excludes halogenated alkanes) is 2. The molecule has 0 saturated carbocycles. The van der Waals surface area contributed by atoms with Crippen LogP contribution in [0.3, 0.4) is 0 Å². The van der Waals surface area contributed by atoms with Gasteiger partial charge in [0, 0.05) is 13.1 Å². The van der Waals surface area contributed by atoms with Gasteiger partial charge >= 0.3 is 0 Å². The molecule has 0 radical (unpaired) electrons. The van der Waals surface area contributed by atoms with Gasteiger partial charge in [0.15, 0.2) is 5.96 Å². The molecule has 4 nitrogen and oxygen atoms in total. The van der Waals surface area contributed by atoms with Gasteiger partial charge in [-0.2, -0.15) is 0 Å². The first-order valence-electron chi connectivity index (χ1n) is 7.06. The number of phenolic OH excluding ortho intramolecular Hbond substituents is 1. The van der Waals surface area contributed by atoms with E-state index in [9.17, 15) is 5.11 Å². The van der Waals surface area contributed by atoms with Gasteiger partial charge in [-0.25, -0.2) is 4.99 Å². The van der Waals surface area contributed by atoms with Gasteiger partial charge in [-0.1, -0.05) is 31.9 Å². The zero-order chi connectivity index (χ0) is 13.9. The Morgan fingerprint density at radius 1 is 1.10 bits per heavy atom. The number of rotatable bonds is 7. The highest BCUT2D eigenvalue weighted by Crippen LogP contribution is 2.10. The van der Waals surface area contributed by atoms with Gasteiger partial charge in [0.25, 0.3) is 0 Å². The van der Waals surface area contributed by atoms with Crippen molar-refractivity contribution in [1.29, 1.82) is 0 Å². The van der Waals surface area contributed by atoms with Crippen molar-refractivity contribution >= 4 is 29.9 Å². The second-order valence-corrected chi connectivity index (χ2v) is 4.50. The molecular weight excluding hydrogens is 365 g/mol. The standard InChI is InChI=1S/C15H25N3O.HI/c1-3-5-6-11-17-15(16-4-2)18-12-13-7-9-14(19)10-8-13;/h7-10,19H,3-6,11-12H2,1-2H3,(H2,16,17,18);1H. The van der Waals surface area contributed by atoms with E-state index in [1.165, 1.54) is 19.3 Å². The first kappa shape index (κ1) is 19.0. The minimum absolute atomic E-state index is 0. The van der Waals surface area contributed by atoms with Crippen molar-refractivity contribution < 1.29 is 5.11 Å². The number of aliphatic imine (C=N–C) groups is 1. The Hall–Kier alpha value is -0.980. The lowest BCUT2D eigenvalue weighted by molar-refractivity contribution is 0.475. The van der Waals surface area contributed by atoms with Crippen LogP contribution in [0, 0.1) is 0 Å². The van der Waals surface area contributed by atoms with Gasteiger partial charge in [0.1, 0.15) is 5.75 Å². The fourth-order valence-corrected chi connectivity index (χ4v) is 1.70. The second-order valence-electron chi connectivity index (χ2n) is 4.50. The number of halogens is 1. The summed E-state index contributed by atoms with van der Waals surface area (Å²) in [6.07, 6.45) is 3.63. The lowest BCUT2D eigenvalue weighted by atomic mass is 10.2. The third-order valence-corrected chi connectivity index (χ3v) is 2.77. The molecule has 0 atom stereocenters. The first-order valence-corrected chi connectivity index (χ1v) is 7.06. The van der Waals surface area contributed by atoms with E-state index in [0.717, 1.165) is 24.6 Å². The molecule has 0 aliphatic carbocycles. The van der Waals surface area contributed by atoms with Gasteiger partial charge in [-0.15, -0.1) is 24.0 Å². The molecule has 0 saturated heterocycles. The third-order valence-electron chi connectivity index (χ3n) is 2.77. The van der Waals surface area contributed by atoms with Gasteiger partial charge < -0.3 is 15.7 Å². The second kappa shape index (κ2) is 11.8. The van der Waals surface area contributed by atoms with Crippen molar-refractivity contribution in [2.75, 3.05) is 13.1 Å². The lowest BCUT2D eigenvalue weighted by Crippen LogP contribution is -2.37. The van der Waals surface area contributed by atoms with E-state index in [4.69, 9.17) is 0 Å². The summed E-state index contributed by atoms with van der Waals surface area (Å²) in [5.74, 6) is 1.14. The number of hydrogen-bond donors (Lipinski definition) is 3. The monoisotopic (exact) mass is 391 g/mol. The summed E-state index contributed by atoms with van der Waals surface area (Å²) in [5.41, 5.74) is 1.09. The maximum atomic E-state index is 9.22. The fraction of sp³-hybridized carbons (Fsp3) is 0.533. The normalized spacial score (nSPS) is 10.8. The SMILES string of the molecule is CCCCCNC(=NCc1ccc(O)cc1)NCC.I. The molecule has 5 heteroatoms. The van der Waals surface area contributed by atoms with Crippen molar-refractivity contribution in [3.05, 3.63) is 29.8 Å². The van der Waals surface area contributed by atoms with E-state index in [2.05, 4.69) is 29.5 Å². The zero-order valence-electron chi connectivity index (χ0n) is 12.4. The van der Waals surface area contributed by atoms with Crippen molar-refractivity contribution in [1.82, 2.24) is 10.6 Å². The Morgan fingerprint density at radius 2 is 1.80 bits per heavy atom. The van der Waals surface area contributed by atoms with Gasteiger partial charge in [-0.3, -0.25) is 0 Å². The van der Waals surface area contributed by atoms with Crippen LogP contribution in [0.4, 0.5) is 0 Å². The summed E-state index contributed by atoms with van der Waals surface area (Å²) in [4.78, 5) is 4.52. The zero-order valence-corrected chi connectivity index (χ0v) is 14.7. The summed E-state index contributed by atoms with van der Waals surface area (Å²) in [7, 11) is 0. The highest BCUT2D eigenvalue weighted by Gasteiger charge is 1.97. The molecule has 1 aromatic rings. The van der Waals surface area contributed by atoms with Gasteiger partial charge in [0.05, 0.1) is 6.54 Å². The number of nitrogens with zero attached hydrogens (tertiary/aromatic N) is 1. The van der Waals surface area contributed by atoms with E-state index >= 15 is 0 Å². The van der Waals surface area contributed by atoms with Crippen LogP contribution in [0.2, 0.25) is 0 Å². The predicted molar refractivity (Wildman–Crippen MR) is 95.9 cm³/mol. The number of nitrogens with one attached hydrogen (secondary N) is 2. The third kappa shape index (κ3) is 8.24. The van der Waals surface area contributed by atoms with Crippen LogP contribution in [-0.2, 0) is 6.54 Å². The molecule has 0 aliphatic heterocycles. The van der Waals surface area contributed by atoms with Crippen molar-refractivity contribution in [2.45, 2.75) is 39.7 Å². The summed E-state index contributed by atoms with van der Waals surface area (Å²) >= 11 is 0. The molecular formula is C15H26IN3O. The van der Waals surface area contributed by atoms with Crippen LogP contribution in [0.1, 0.15) is 38.7 Å². The largest absolute Gasteiger partial charge is 0.508 e.